The molecule has 2 heterocycles. The van der Waals surface area contributed by atoms with Crippen LogP contribution in [-0.4, -0.2) is 32.3 Å². The summed E-state index contributed by atoms with van der Waals surface area (Å²) in [5, 5.41) is 2.90. The second-order valence-corrected chi connectivity index (χ2v) is 6.65. The molecule has 0 unspecified atom stereocenters. The fourth-order valence-electron chi connectivity index (χ4n) is 2.84. The van der Waals surface area contributed by atoms with Gasteiger partial charge in [-0.05, 0) is 31.2 Å². The third-order valence-corrected chi connectivity index (χ3v) is 4.46. The molecule has 27 heavy (non-hydrogen) atoms. The van der Waals surface area contributed by atoms with Gasteiger partial charge in [-0.1, -0.05) is 24.3 Å². The highest BCUT2D eigenvalue weighted by Gasteiger charge is 2.22. The smallest absolute Gasteiger partial charge is 0.287 e. The SMILES string of the molecule is CC(=O)c1ccc(-c2ccc(C(=O)NC[C@@H](c3ccco3)[NH+](C)C)o2)cc1. The summed E-state index contributed by atoms with van der Waals surface area (Å²) in [6.45, 7) is 1.95. The van der Waals surface area contributed by atoms with Gasteiger partial charge >= 0.3 is 0 Å². The molecule has 0 fully saturated rings. The first kappa shape index (κ1) is 18.7. The number of ketones is 1. The van der Waals surface area contributed by atoms with Crippen LogP contribution >= 0.6 is 0 Å². The van der Waals surface area contributed by atoms with Crippen molar-refractivity contribution in [2.75, 3.05) is 20.6 Å². The van der Waals surface area contributed by atoms with Crippen LogP contribution in [0.2, 0.25) is 0 Å². The molecule has 2 N–H and O–H groups in total. The number of carbonyl (C=O) groups is 2. The highest BCUT2D eigenvalue weighted by atomic mass is 16.4. The van der Waals surface area contributed by atoms with E-state index in [9.17, 15) is 9.59 Å². The number of Topliss-reactive ketones (excluding diaryl/α,β-unsaturated/α-hetero) is 1. The Morgan fingerprint density at radius 3 is 2.41 bits per heavy atom. The summed E-state index contributed by atoms with van der Waals surface area (Å²) in [7, 11) is 4.02. The van der Waals surface area contributed by atoms with Gasteiger partial charge < -0.3 is 19.1 Å². The molecule has 0 aliphatic heterocycles. The fraction of sp³-hybridized carbons (Fsp3) is 0.238. The first-order valence-corrected chi connectivity index (χ1v) is 8.78. The second-order valence-electron chi connectivity index (χ2n) is 6.65. The van der Waals surface area contributed by atoms with Crippen LogP contribution in [0, 0.1) is 0 Å². The maximum Gasteiger partial charge on any atom is 0.287 e. The number of nitrogens with one attached hydrogen (secondary N) is 2. The number of carbonyl (C=O) groups excluding carboxylic acids is 2. The van der Waals surface area contributed by atoms with Gasteiger partial charge in [-0.15, -0.1) is 0 Å². The Labute approximate surface area is 157 Å². The van der Waals surface area contributed by atoms with E-state index in [4.69, 9.17) is 8.83 Å². The minimum absolute atomic E-state index is 0.00944. The quantitative estimate of drug-likeness (QED) is 0.629. The largest absolute Gasteiger partial charge is 0.463 e. The lowest BCUT2D eigenvalue weighted by Crippen LogP contribution is -3.07. The molecule has 140 valence electrons. The molecule has 0 bridgehead atoms. The van der Waals surface area contributed by atoms with Crippen molar-refractivity contribution < 1.29 is 23.3 Å². The predicted molar refractivity (Wildman–Crippen MR) is 101 cm³/mol. The Kier molecular flexibility index (Phi) is 5.57. The fourth-order valence-corrected chi connectivity index (χ4v) is 2.84. The number of amides is 1. The van der Waals surface area contributed by atoms with Crippen LogP contribution in [0.15, 0.2) is 63.6 Å². The van der Waals surface area contributed by atoms with Crippen molar-refractivity contribution in [2.45, 2.75) is 13.0 Å². The third kappa shape index (κ3) is 4.35. The van der Waals surface area contributed by atoms with Gasteiger partial charge in [0.05, 0.1) is 26.9 Å². The van der Waals surface area contributed by atoms with Crippen molar-refractivity contribution in [2.24, 2.45) is 0 Å². The minimum atomic E-state index is -0.278. The Morgan fingerprint density at radius 2 is 1.81 bits per heavy atom. The molecule has 0 spiro atoms. The summed E-state index contributed by atoms with van der Waals surface area (Å²) in [6, 6.07) is 14.2. The van der Waals surface area contributed by atoms with Crippen LogP contribution < -0.4 is 10.2 Å². The van der Waals surface area contributed by atoms with Crippen molar-refractivity contribution in [1.29, 1.82) is 0 Å². The molecule has 0 aliphatic rings. The maximum atomic E-state index is 12.4. The molecule has 3 rings (SSSR count). The molecule has 3 aromatic rings. The topological polar surface area (TPSA) is 76.9 Å². The van der Waals surface area contributed by atoms with Crippen molar-refractivity contribution in [3.8, 4) is 11.3 Å². The van der Waals surface area contributed by atoms with Crippen LogP contribution in [0.5, 0.6) is 0 Å². The summed E-state index contributed by atoms with van der Waals surface area (Å²) >= 11 is 0. The molecule has 0 aliphatic carbocycles. The first-order valence-electron chi connectivity index (χ1n) is 8.78. The summed E-state index contributed by atoms with van der Waals surface area (Å²) in [5.41, 5.74) is 1.45. The van der Waals surface area contributed by atoms with E-state index in [0.29, 0.717) is 17.9 Å². The Balaban J connectivity index is 1.67. The third-order valence-electron chi connectivity index (χ3n) is 4.46. The monoisotopic (exact) mass is 367 g/mol. The van der Waals surface area contributed by atoms with Gasteiger partial charge in [0.25, 0.3) is 5.91 Å². The number of likely N-dealkylation sites (N-methyl/N-ethyl adjacent to an activating group) is 1. The van der Waals surface area contributed by atoms with E-state index in [-0.39, 0.29) is 23.5 Å². The molecule has 0 saturated carbocycles. The zero-order valence-corrected chi connectivity index (χ0v) is 15.6. The Hall–Kier alpha value is -3.12. The highest BCUT2D eigenvalue weighted by Crippen LogP contribution is 2.23. The number of hydrogen-bond acceptors (Lipinski definition) is 4. The predicted octanol–water partition coefficient (Wildman–Crippen LogP) is 2.36. The average molecular weight is 367 g/mol. The van der Waals surface area contributed by atoms with Gasteiger partial charge in [-0.2, -0.15) is 0 Å². The van der Waals surface area contributed by atoms with Crippen LogP contribution in [0.1, 0.15) is 39.6 Å². The number of quaternary nitrogens is 1. The maximum absolute atomic E-state index is 12.4. The van der Waals surface area contributed by atoms with E-state index in [2.05, 4.69) is 5.32 Å². The lowest BCUT2D eigenvalue weighted by molar-refractivity contribution is -0.891. The normalized spacial score (nSPS) is 12.1. The number of hydrogen-bond donors (Lipinski definition) is 2. The average Bonchev–Trinajstić information content (AvgIpc) is 3.34. The van der Waals surface area contributed by atoms with Gasteiger partial charge in [0.1, 0.15) is 5.76 Å². The van der Waals surface area contributed by atoms with Crippen molar-refractivity contribution >= 4 is 11.7 Å². The van der Waals surface area contributed by atoms with Crippen molar-refractivity contribution in [1.82, 2.24) is 5.32 Å². The molecule has 2 aromatic heterocycles. The van der Waals surface area contributed by atoms with Gasteiger partial charge in [-0.25, -0.2) is 0 Å². The van der Waals surface area contributed by atoms with E-state index in [0.717, 1.165) is 16.2 Å². The molecule has 0 saturated heterocycles. The lowest BCUT2D eigenvalue weighted by atomic mass is 10.1. The van der Waals surface area contributed by atoms with Crippen LogP contribution in [-0.2, 0) is 0 Å². The van der Waals surface area contributed by atoms with Gasteiger partial charge in [-0.3, -0.25) is 9.59 Å². The van der Waals surface area contributed by atoms with E-state index in [1.807, 2.05) is 26.2 Å². The van der Waals surface area contributed by atoms with E-state index in [1.54, 1.807) is 42.7 Å². The summed E-state index contributed by atoms with van der Waals surface area (Å²) in [6.07, 6.45) is 1.63. The first-order chi connectivity index (χ1) is 13.0. The number of benzene rings is 1. The van der Waals surface area contributed by atoms with Crippen LogP contribution in [0.3, 0.4) is 0 Å². The minimum Gasteiger partial charge on any atom is -0.463 e. The molecular formula is C21H23N2O4+. The molecule has 1 amide bonds. The zero-order valence-electron chi connectivity index (χ0n) is 15.6. The van der Waals surface area contributed by atoms with E-state index in [1.165, 1.54) is 6.92 Å². The van der Waals surface area contributed by atoms with Crippen molar-refractivity contribution in [3.05, 3.63) is 71.9 Å². The van der Waals surface area contributed by atoms with Crippen LogP contribution in [0.25, 0.3) is 11.3 Å². The van der Waals surface area contributed by atoms with E-state index < -0.39 is 0 Å². The molecule has 1 atom stereocenters. The molecular weight excluding hydrogens is 344 g/mol. The van der Waals surface area contributed by atoms with Crippen LogP contribution in [0.4, 0.5) is 0 Å². The zero-order chi connectivity index (χ0) is 19.4. The number of rotatable bonds is 7. The van der Waals surface area contributed by atoms with E-state index >= 15 is 0 Å². The summed E-state index contributed by atoms with van der Waals surface area (Å²) in [5.74, 6) is 1.37. The molecule has 0 radical (unpaired) electrons. The van der Waals surface area contributed by atoms with Gasteiger partial charge in [0.15, 0.2) is 23.3 Å². The highest BCUT2D eigenvalue weighted by molar-refractivity contribution is 5.94. The summed E-state index contributed by atoms with van der Waals surface area (Å²) < 4.78 is 11.2. The Bertz CT molecular complexity index is 908. The van der Waals surface area contributed by atoms with Gasteiger partial charge in [0.2, 0.25) is 0 Å². The lowest BCUT2D eigenvalue weighted by Gasteiger charge is -2.19. The van der Waals surface area contributed by atoms with Gasteiger partial charge in [0, 0.05) is 11.1 Å². The summed E-state index contributed by atoms with van der Waals surface area (Å²) in [4.78, 5) is 25.0. The second kappa shape index (κ2) is 8.05. The number of furan rings is 2. The standard InChI is InChI=1S/C21H22N2O4/c1-14(24)15-6-8-16(9-7-15)18-10-11-20(27-18)21(25)22-13-17(23(2)3)19-5-4-12-26-19/h4-12,17H,13H2,1-3H3,(H,22,25)/p+1/t17-/m0/s1. The molecule has 6 heteroatoms. The van der Waals surface area contributed by atoms with Crippen molar-refractivity contribution in [3.63, 3.8) is 0 Å². The molecule has 1 aromatic carbocycles. The molecule has 6 nitrogen and oxygen atoms in total. The Morgan fingerprint density at radius 1 is 1.07 bits per heavy atom.